The van der Waals surface area contributed by atoms with Gasteiger partial charge in [0.25, 0.3) is 0 Å². The largest absolute Gasteiger partial charge is 0.464 e. The van der Waals surface area contributed by atoms with Crippen molar-refractivity contribution in [2.24, 2.45) is 0 Å². The number of benzene rings is 1. The van der Waals surface area contributed by atoms with Crippen molar-refractivity contribution in [3.63, 3.8) is 0 Å². The Morgan fingerprint density at radius 2 is 2.18 bits per heavy atom. The number of nitrogens with one attached hydrogen (secondary N) is 1. The molecule has 1 heterocycles. The molecule has 4 nitrogen and oxygen atoms in total. The number of hydrogen-bond acceptors (Lipinski definition) is 3. The quantitative estimate of drug-likeness (QED) is 0.834. The maximum Gasteiger partial charge on any atom is 0.242 e. The summed E-state index contributed by atoms with van der Waals surface area (Å²) in [5.74, 6) is -0.314. The molecule has 0 spiro atoms. The number of carbonyl (C=O) groups is 1. The zero-order valence-corrected chi connectivity index (χ0v) is 9.82. The summed E-state index contributed by atoms with van der Waals surface area (Å²) >= 11 is 5.64. The van der Waals surface area contributed by atoms with Crippen molar-refractivity contribution in [3.8, 4) is 0 Å². The van der Waals surface area contributed by atoms with Gasteiger partial charge in [-0.3, -0.25) is 9.59 Å². The molecule has 0 aliphatic carbocycles. The molecule has 0 bridgehead atoms. The topological polar surface area (TPSA) is 59.3 Å². The Morgan fingerprint density at radius 3 is 2.88 bits per heavy atom. The normalized spacial score (nSPS) is 12.4. The van der Waals surface area contributed by atoms with Gasteiger partial charge in [-0.15, -0.1) is 11.6 Å². The molecule has 1 aromatic carbocycles. The lowest BCUT2D eigenvalue weighted by Gasteiger charge is -2.06. The van der Waals surface area contributed by atoms with Crippen LogP contribution in [0.2, 0.25) is 0 Å². The molecular formula is C12H10ClNO3. The fourth-order valence-corrected chi connectivity index (χ4v) is 1.46. The first-order chi connectivity index (χ1) is 8.08. The van der Waals surface area contributed by atoms with Gasteiger partial charge in [0, 0.05) is 11.8 Å². The highest BCUT2D eigenvalue weighted by Gasteiger charge is 2.10. The number of carbonyl (C=O) groups excluding carboxylic acids is 1. The summed E-state index contributed by atoms with van der Waals surface area (Å²) in [7, 11) is 0. The number of anilines is 1. The van der Waals surface area contributed by atoms with Crippen molar-refractivity contribution in [3.05, 3.63) is 40.8 Å². The van der Waals surface area contributed by atoms with Gasteiger partial charge >= 0.3 is 0 Å². The van der Waals surface area contributed by atoms with Crippen LogP contribution in [0.4, 0.5) is 5.69 Å². The highest BCUT2D eigenvalue weighted by atomic mass is 35.5. The molecule has 0 aliphatic heterocycles. The van der Waals surface area contributed by atoms with Crippen LogP contribution in [0.5, 0.6) is 0 Å². The number of fused-ring (bicyclic) bond motifs is 1. The molecule has 1 atom stereocenters. The lowest BCUT2D eigenvalue weighted by atomic mass is 10.2. The zero-order chi connectivity index (χ0) is 12.4. The molecule has 2 rings (SSSR count). The van der Waals surface area contributed by atoms with Crippen molar-refractivity contribution in [2.75, 3.05) is 5.32 Å². The van der Waals surface area contributed by atoms with E-state index >= 15 is 0 Å². The number of hydrogen-bond donors (Lipinski definition) is 1. The molecule has 17 heavy (non-hydrogen) atoms. The number of amides is 1. The SMILES string of the molecule is CC(Cl)C(=O)Nc1ccc2occc(=O)c2c1. The first-order valence-corrected chi connectivity index (χ1v) is 5.48. The van der Waals surface area contributed by atoms with E-state index in [1.54, 1.807) is 25.1 Å². The average Bonchev–Trinajstić information content (AvgIpc) is 2.30. The van der Waals surface area contributed by atoms with Gasteiger partial charge in [-0.05, 0) is 25.1 Å². The molecular weight excluding hydrogens is 242 g/mol. The molecule has 0 saturated carbocycles. The first kappa shape index (κ1) is 11.7. The Balaban J connectivity index is 2.41. The van der Waals surface area contributed by atoms with Crippen LogP contribution in [0, 0.1) is 0 Å². The summed E-state index contributed by atoms with van der Waals surface area (Å²) in [6.45, 7) is 1.58. The second kappa shape index (κ2) is 4.59. The first-order valence-electron chi connectivity index (χ1n) is 5.04. The minimum atomic E-state index is -0.627. The summed E-state index contributed by atoms with van der Waals surface area (Å²) in [5, 5.41) is 2.41. The van der Waals surface area contributed by atoms with E-state index in [0.717, 1.165) is 0 Å². The average molecular weight is 252 g/mol. The van der Waals surface area contributed by atoms with E-state index in [-0.39, 0.29) is 11.3 Å². The van der Waals surface area contributed by atoms with Gasteiger partial charge in [-0.2, -0.15) is 0 Å². The second-order valence-electron chi connectivity index (χ2n) is 3.60. The Morgan fingerprint density at radius 1 is 1.41 bits per heavy atom. The Labute approximate surface area is 102 Å². The van der Waals surface area contributed by atoms with Gasteiger partial charge in [-0.1, -0.05) is 0 Å². The van der Waals surface area contributed by atoms with E-state index in [4.69, 9.17) is 16.0 Å². The van der Waals surface area contributed by atoms with Gasteiger partial charge in [0.15, 0.2) is 5.43 Å². The standard InChI is InChI=1S/C12H10ClNO3/c1-7(13)12(16)14-8-2-3-11-9(6-8)10(15)4-5-17-11/h2-7H,1H3,(H,14,16). The maximum atomic E-state index is 11.6. The molecule has 0 radical (unpaired) electrons. The molecule has 1 unspecified atom stereocenters. The lowest BCUT2D eigenvalue weighted by molar-refractivity contribution is -0.115. The van der Waals surface area contributed by atoms with Crippen LogP contribution < -0.4 is 10.7 Å². The van der Waals surface area contributed by atoms with Gasteiger partial charge in [0.2, 0.25) is 5.91 Å². The van der Waals surface area contributed by atoms with Crippen molar-refractivity contribution in [1.29, 1.82) is 0 Å². The third kappa shape index (κ3) is 2.47. The van der Waals surface area contributed by atoms with Crippen LogP contribution in [-0.4, -0.2) is 11.3 Å². The Hall–Kier alpha value is -1.81. The van der Waals surface area contributed by atoms with E-state index in [1.165, 1.54) is 12.3 Å². The maximum absolute atomic E-state index is 11.6. The Bertz CT molecular complexity index is 618. The summed E-state index contributed by atoms with van der Waals surface area (Å²) in [5.41, 5.74) is 0.851. The van der Waals surface area contributed by atoms with Gasteiger partial charge in [0.05, 0.1) is 11.6 Å². The predicted molar refractivity (Wildman–Crippen MR) is 66.4 cm³/mol. The summed E-state index contributed by atoms with van der Waals surface area (Å²) < 4.78 is 5.16. The smallest absolute Gasteiger partial charge is 0.242 e. The molecule has 1 N–H and O–H groups in total. The third-order valence-corrected chi connectivity index (χ3v) is 2.49. The van der Waals surface area contributed by atoms with Crippen molar-refractivity contribution in [2.45, 2.75) is 12.3 Å². The van der Waals surface area contributed by atoms with Gasteiger partial charge in [0.1, 0.15) is 11.0 Å². The van der Waals surface area contributed by atoms with Crippen LogP contribution in [0.3, 0.4) is 0 Å². The summed E-state index contributed by atoms with van der Waals surface area (Å²) in [6, 6.07) is 6.18. The third-order valence-electron chi connectivity index (χ3n) is 2.29. The minimum Gasteiger partial charge on any atom is -0.464 e. The minimum absolute atomic E-state index is 0.152. The predicted octanol–water partition coefficient (Wildman–Crippen LogP) is 2.36. The summed E-state index contributed by atoms with van der Waals surface area (Å²) in [6.07, 6.45) is 1.34. The van der Waals surface area contributed by atoms with E-state index in [1.807, 2.05) is 0 Å². The molecule has 1 aromatic heterocycles. The van der Waals surface area contributed by atoms with Gasteiger partial charge in [-0.25, -0.2) is 0 Å². The highest BCUT2D eigenvalue weighted by Crippen LogP contribution is 2.16. The Kier molecular flexibility index (Phi) is 3.15. The van der Waals surface area contributed by atoms with Gasteiger partial charge < -0.3 is 9.73 Å². The molecule has 88 valence electrons. The molecule has 0 aliphatic rings. The van der Waals surface area contributed by atoms with Crippen molar-refractivity contribution in [1.82, 2.24) is 0 Å². The summed E-state index contributed by atoms with van der Waals surface area (Å²) in [4.78, 5) is 22.9. The van der Waals surface area contributed by atoms with Crippen molar-refractivity contribution < 1.29 is 9.21 Å². The fourth-order valence-electron chi connectivity index (χ4n) is 1.40. The van der Waals surface area contributed by atoms with E-state index in [9.17, 15) is 9.59 Å². The van der Waals surface area contributed by atoms with Crippen LogP contribution >= 0.6 is 11.6 Å². The van der Waals surface area contributed by atoms with E-state index in [2.05, 4.69) is 5.32 Å². The van der Waals surface area contributed by atoms with E-state index < -0.39 is 5.38 Å². The number of rotatable bonds is 2. The zero-order valence-electron chi connectivity index (χ0n) is 9.07. The lowest BCUT2D eigenvalue weighted by Crippen LogP contribution is -2.20. The molecule has 5 heteroatoms. The number of alkyl halides is 1. The van der Waals surface area contributed by atoms with Crippen LogP contribution in [0.15, 0.2) is 39.7 Å². The van der Waals surface area contributed by atoms with E-state index in [0.29, 0.717) is 16.7 Å². The van der Waals surface area contributed by atoms with Crippen LogP contribution in [0.1, 0.15) is 6.92 Å². The van der Waals surface area contributed by atoms with Crippen LogP contribution in [0.25, 0.3) is 11.0 Å². The van der Waals surface area contributed by atoms with Crippen molar-refractivity contribution >= 4 is 34.2 Å². The highest BCUT2D eigenvalue weighted by molar-refractivity contribution is 6.32. The molecule has 0 fully saturated rings. The second-order valence-corrected chi connectivity index (χ2v) is 4.26. The monoisotopic (exact) mass is 251 g/mol. The molecule has 2 aromatic rings. The van der Waals surface area contributed by atoms with Crippen LogP contribution in [-0.2, 0) is 4.79 Å². The molecule has 1 amide bonds. The fraction of sp³-hybridized carbons (Fsp3) is 0.167. The molecule has 0 saturated heterocycles. The number of halogens is 1.